The van der Waals surface area contributed by atoms with Gasteiger partial charge in [-0.3, -0.25) is 4.79 Å². The predicted octanol–water partition coefficient (Wildman–Crippen LogP) is 3.40. The molecule has 0 aliphatic carbocycles. The molecule has 0 radical (unpaired) electrons. The molecule has 2 N–H and O–H groups in total. The number of hydrogen-bond acceptors (Lipinski definition) is 3. The second kappa shape index (κ2) is 9.11. The van der Waals surface area contributed by atoms with E-state index in [1.807, 2.05) is 12.1 Å². The molecule has 2 saturated heterocycles. The van der Waals surface area contributed by atoms with Gasteiger partial charge in [0.05, 0.1) is 0 Å². The van der Waals surface area contributed by atoms with Crippen molar-refractivity contribution in [1.82, 2.24) is 10.6 Å². The molecule has 4 nitrogen and oxygen atoms in total. The summed E-state index contributed by atoms with van der Waals surface area (Å²) in [6.07, 6.45) is 3.02. The normalized spacial score (nSPS) is 26.2. The quantitative estimate of drug-likeness (QED) is 0.834. The van der Waals surface area contributed by atoms with Gasteiger partial charge in [0.1, 0.15) is 0 Å². The Balaban J connectivity index is 0.00000225. The van der Waals surface area contributed by atoms with Crippen LogP contribution in [0.3, 0.4) is 0 Å². The standard InChI is InChI=1S/C19H28ClN3O.ClH/c1-13-3-4-17(20)10-18(13)23-8-6-15(12-23)11-22-19(24)16-5-7-21-14(2)9-16;/h3-4,10,14-16,21H,5-9,11-12H2,1-2H3,(H,22,24);1H/t14-,15?,16-;/m0./s1. The Morgan fingerprint density at radius 2 is 2.20 bits per heavy atom. The number of carbonyl (C=O) groups is 1. The van der Waals surface area contributed by atoms with E-state index in [0.29, 0.717) is 12.0 Å². The summed E-state index contributed by atoms with van der Waals surface area (Å²) < 4.78 is 0. The van der Waals surface area contributed by atoms with Gasteiger partial charge in [-0.25, -0.2) is 0 Å². The maximum atomic E-state index is 12.4. The summed E-state index contributed by atoms with van der Waals surface area (Å²) in [5.41, 5.74) is 2.48. The highest BCUT2D eigenvalue weighted by atomic mass is 35.5. The zero-order valence-electron chi connectivity index (χ0n) is 15.1. The zero-order chi connectivity index (χ0) is 17.1. The number of halogens is 2. The van der Waals surface area contributed by atoms with Gasteiger partial charge in [0.15, 0.2) is 0 Å². The third-order valence-electron chi connectivity index (χ3n) is 5.36. The first kappa shape index (κ1) is 20.3. The van der Waals surface area contributed by atoms with E-state index in [-0.39, 0.29) is 24.2 Å². The molecule has 0 aromatic heterocycles. The van der Waals surface area contributed by atoms with Crippen LogP contribution in [0.25, 0.3) is 0 Å². The lowest BCUT2D eigenvalue weighted by atomic mass is 9.92. The molecular formula is C19H29Cl2N3O. The van der Waals surface area contributed by atoms with Crippen LogP contribution in [-0.4, -0.2) is 38.1 Å². The van der Waals surface area contributed by atoms with Gasteiger partial charge in [0.2, 0.25) is 5.91 Å². The average molecular weight is 386 g/mol. The number of carbonyl (C=O) groups excluding carboxylic acids is 1. The summed E-state index contributed by atoms with van der Waals surface area (Å²) in [6, 6.07) is 6.51. The molecule has 0 bridgehead atoms. The van der Waals surface area contributed by atoms with Gasteiger partial charge < -0.3 is 15.5 Å². The lowest BCUT2D eigenvalue weighted by molar-refractivity contribution is -0.126. The van der Waals surface area contributed by atoms with Crippen molar-refractivity contribution in [2.24, 2.45) is 11.8 Å². The van der Waals surface area contributed by atoms with Crippen LogP contribution in [0.2, 0.25) is 5.02 Å². The molecule has 1 unspecified atom stereocenters. The maximum Gasteiger partial charge on any atom is 0.223 e. The molecule has 2 heterocycles. The number of rotatable bonds is 4. The van der Waals surface area contributed by atoms with E-state index in [2.05, 4.69) is 35.4 Å². The van der Waals surface area contributed by atoms with Crippen molar-refractivity contribution in [2.75, 3.05) is 31.1 Å². The molecule has 2 fully saturated rings. The first-order valence-electron chi connectivity index (χ1n) is 9.05. The highest BCUT2D eigenvalue weighted by Gasteiger charge is 2.27. The minimum absolute atomic E-state index is 0. The Kier molecular flexibility index (Phi) is 7.41. The Morgan fingerprint density at radius 3 is 2.96 bits per heavy atom. The fraction of sp³-hybridized carbons (Fsp3) is 0.632. The van der Waals surface area contributed by atoms with Crippen LogP contribution < -0.4 is 15.5 Å². The molecule has 3 rings (SSSR count). The molecule has 1 aromatic carbocycles. The van der Waals surface area contributed by atoms with E-state index in [1.54, 1.807) is 0 Å². The summed E-state index contributed by atoms with van der Waals surface area (Å²) in [5.74, 6) is 0.932. The number of piperidine rings is 1. The molecular weight excluding hydrogens is 357 g/mol. The Bertz CT molecular complexity index is 596. The summed E-state index contributed by atoms with van der Waals surface area (Å²) in [6.45, 7) is 8.04. The lowest BCUT2D eigenvalue weighted by Crippen LogP contribution is -2.43. The molecule has 140 valence electrons. The smallest absolute Gasteiger partial charge is 0.223 e. The van der Waals surface area contributed by atoms with Gasteiger partial charge in [0.25, 0.3) is 0 Å². The molecule has 3 atom stereocenters. The molecule has 2 aliphatic rings. The van der Waals surface area contributed by atoms with Crippen molar-refractivity contribution in [3.63, 3.8) is 0 Å². The van der Waals surface area contributed by atoms with E-state index >= 15 is 0 Å². The van der Waals surface area contributed by atoms with Crippen molar-refractivity contribution in [1.29, 1.82) is 0 Å². The van der Waals surface area contributed by atoms with Crippen LogP contribution in [0, 0.1) is 18.8 Å². The molecule has 25 heavy (non-hydrogen) atoms. The van der Waals surface area contributed by atoms with Gasteiger partial charge in [0, 0.05) is 42.3 Å². The topological polar surface area (TPSA) is 44.4 Å². The molecule has 1 aromatic rings. The molecule has 1 amide bonds. The number of benzene rings is 1. The molecule has 2 aliphatic heterocycles. The Hall–Kier alpha value is -0.970. The highest BCUT2D eigenvalue weighted by Crippen LogP contribution is 2.29. The first-order valence-corrected chi connectivity index (χ1v) is 9.43. The number of aryl methyl sites for hydroxylation is 1. The SMILES string of the molecule is Cc1ccc(Cl)cc1N1CCC(CNC(=O)[C@H]2CCN[C@@H](C)C2)C1.Cl. The van der Waals surface area contributed by atoms with Crippen molar-refractivity contribution >= 4 is 35.6 Å². The zero-order valence-corrected chi connectivity index (χ0v) is 16.6. The summed E-state index contributed by atoms with van der Waals surface area (Å²) in [7, 11) is 0. The molecule has 0 spiro atoms. The van der Waals surface area contributed by atoms with Crippen molar-refractivity contribution in [3.05, 3.63) is 28.8 Å². The van der Waals surface area contributed by atoms with Gasteiger partial charge >= 0.3 is 0 Å². The van der Waals surface area contributed by atoms with Crippen LogP contribution in [-0.2, 0) is 4.79 Å². The summed E-state index contributed by atoms with van der Waals surface area (Å²) in [5, 5.41) is 7.38. The number of hydrogen-bond donors (Lipinski definition) is 2. The fourth-order valence-corrected chi connectivity index (χ4v) is 4.07. The van der Waals surface area contributed by atoms with Crippen LogP contribution in [0.5, 0.6) is 0 Å². The lowest BCUT2D eigenvalue weighted by Gasteiger charge is -2.27. The van der Waals surface area contributed by atoms with Gasteiger partial charge in [-0.2, -0.15) is 0 Å². The number of nitrogens with one attached hydrogen (secondary N) is 2. The van der Waals surface area contributed by atoms with Gasteiger partial charge in [-0.05, 0) is 63.3 Å². The molecule has 0 saturated carbocycles. The summed E-state index contributed by atoms with van der Waals surface area (Å²) in [4.78, 5) is 14.8. The van der Waals surface area contributed by atoms with E-state index in [9.17, 15) is 4.79 Å². The van der Waals surface area contributed by atoms with Crippen molar-refractivity contribution < 1.29 is 4.79 Å². The number of amides is 1. The Morgan fingerprint density at radius 1 is 1.40 bits per heavy atom. The van der Waals surface area contributed by atoms with Gasteiger partial charge in [-0.1, -0.05) is 17.7 Å². The number of anilines is 1. The maximum absolute atomic E-state index is 12.4. The van der Waals surface area contributed by atoms with Gasteiger partial charge in [-0.15, -0.1) is 12.4 Å². The minimum Gasteiger partial charge on any atom is -0.371 e. The van der Waals surface area contributed by atoms with Crippen LogP contribution in [0.15, 0.2) is 18.2 Å². The minimum atomic E-state index is 0. The average Bonchev–Trinajstić information content (AvgIpc) is 3.03. The van der Waals surface area contributed by atoms with Crippen LogP contribution in [0.1, 0.15) is 31.7 Å². The second-order valence-electron chi connectivity index (χ2n) is 7.35. The van der Waals surface area contributed by atoms with E-state index in [1.165, 1.54) is 11.3 Å². The monoisotopic (exact) mass is 385 g/mol. The highest BCUT2D eigenvalue weighted by molar-refractivity contribution is 6.30. The summed E-state index contributed by atoms with van der Waals surface area (Å²) >= 11 is 6.14. The van der Waals surface area contributed by atoms with Crippen LogP contribution in [0.4, 0.5) is 5.69 Å². The second-order valence-corrected chi connectivity index (χ2v) is 7.79. The third kappa shape index (κ3) is 5.25. The van der Waals surface area contributed by atoms with E-state index < -0.39 is 0 Å². The van der Waals surface area contributed by atoms with Crippen LogP contribution >= 0.6 is 24.0 Å². The largest absolute Gasteiger partial charge is 0.371 e. The fourth-order valence-electron chi connectivity index (χ4n) is 3.90. The third-order valence-corrected chi connectivity index (χ3v) is 5.59. The van der Waals surface area contributed by atoms with Crippen molar-refractivity contribution in [3.8, 4) is 0 Å². The Labute approximate surface area is 162 Å². The first-order chi connectivity index (χ1) is 11.5. The van der Waals surface area contributed by atoms with Crippen molar-refractivity contribution in [2.45, 2.75) is 39.2 Å². The predicted molar refractivity (Wildman–Crippen MR) is 107 cm³/mol. The number of nitrogens with zero attached hydrogens (tertiary/aromatic N) is 1. The van der Waals surface area contributed by atoms with E-state index in [0.717, 1.165) is 50.5 Å². The van der Waals surface area contributed by atoms with E-state index in [4.69, 9.17) is 11.6 Å². The molecule has 6 heteroatoms.